The second-order valence-electron chi connectivity index (χ2n) is 7.45. The molecule has 0 spiro atoms. The van der Waals surface area contributed by atoms with E-state index in [-0.39, 0.29) is 16.7 Å². The number of hydrogen-bond acceptors (Lipinski definition) is 5. The highest BCUT2D eigenvalue weighted by Crippen LogP contribution is 2.38. The fraction of sp³-hybridized carbons (Fsp3) is 0.611. The second-order valence-corrected chi connectivity index (χ2v) is 9.17. The molecule has 2 heterocycles. The highest BCUT2D eigenvalue weighted by molar-refractivity contribution is 7.89. The smallest absolute Gasteiger partial charge is 0.240 e. The van der Waals surface area contributed by atoms with Gasteiger partial charge in [-0.3, -0.25) is 9.69 Å². The number of nitrogens with one attached hydrogen (secondary N) is 1. The van der Waals surface area contributed by atoms with Gasteiger partial charge in [-0.05, 0) is 44.2 Å². The number of morpholine rings is 1. The molecular formula is C18H24N2O4S. The van der Waals surface area contributed by atoms with Crippen LogP contribution in [0.3, 0.4) is 0 Å². The van der Waals surface area contributed by atoms with Crippen LogP contribution in [-0.2, 0) is 14.8 Å². The first-order valence-electron chi connectivity index (χ1n) is 8.91. The molecule has 7 heteroatoms. The third-order valence-electron chi connectivity index (χ3n) is 5.49. The molecule has 1 saturated carbocycles. The molecule has 1 aromatic rings. The number of rotatable bonds is 5. The van der Waals surface area contributed by atoms with Crippen molar-refractivity contribution < 1.29 is 17.9 Å². The van der Waals surface area contributed by atoms with Crippen LogP contribution in [0.5, 0.6) is 0 Å². The zero-order valence-electron chi connectivity index (χ0n) is 14.3. The van der Waals surface area contributed by atoms with Crippen molar-refractivity contribution in [2.75, 3.05) is 19.7 Å². The van der Waals surface area contributed by atoms with E-state index in [4.69, 9.17) is 4.74 Å². The summed E-state index contributed by atoms with van der Waals surface area (Å²) >= 11 is 0. The van der Waals surface area contributed by atoms with Gasteiger partial charge < -0.3 is 4.74 Å². The number of ether oxygens (including phenoxy) is 1. The molecule has 0 aromatic heterocycles. The van der Waals surface area contributed by atoms with Crippen molar-refractivity contribution in [3.05, 3.63) is 29.8 Å². The van der Waals surface area contributed by atoms with Crippen molar-refractivity contribution in [3.63, 3.8) is 0 Å². The Morgan fingerprint density at radius 2 is 1.92 bits per heavy atom. The Labute approximate surface area is 148 Å². The van der Waals surface area contributed by atoms with Gasteiger partial charge in [-0.15, -0.1) is 0 Å². The first-order valence-corrected chi connectivity index (χ1v) is 10.4. The summed E-state index contributed by atoms with van der Waals surface area (Å²) in [6.45, 7) is 3.82. The molecule has 2 saturated heterocycles. The van der Waals surface area contributed by atoms with Crippen molar-refractivity contribution in [1.82, 2.24) is 9.62 Å². The molecule has 6 nitrogen and oxygen atoms in total. The number of hydrogen-bond donors (Lipinski definition) is 1. The Morgan fingerprint density at radius 3 is 2.56 bits per heavy atom. The van der Waals surface area contributed by atoms with Gasteiger partial charge in [-0.2, -0.15) is 0 Å². The van der Waals surface area contributed by atoms with E-state index in [1.54, 1.807) is 12.1 Å². The molecule has 1 aromatic carbocycles. The van der Waals surface area contributed by atoms with Crippen molar-refractivity contribution in [1.29, 1.82) is 0 Å². The fourth-order valence-electron chi connectivity index (χ4n) is 3.89. The standard InChI is InChI=1S/C18H24N2O4S/c1-12(21)13-4-6-17(7-5-13)25(22,23)19-15-8-16-11-24-18(14-2-3-14)10-20(16)9-15/h4-7,14-16,18-19H,2-3,8-11H2,1H3/t15-,16+,18+/m1/s1. The summed E-state index contributed by atoms with van der Waals surface area (Å²) in [5.74, 6) is 0.631. The number of carbonyl (C=O) groups is 1. The summed E-state index contributed by atoms with van der Waals surface area (Å²) in [7, 11) is -3.58. The Balaban J connectivity index is 1.40. The van der Waals surface area contributed by atoms with Crippen molar-refractivity contribution >= 4 is 15.8 Å². The molecule has 2 aliphatic heterocycles. The van der Waals surface area contributed by atoms with Crippen molar-refractivity contribution in [2.45, 2.75) is 49.3 Å². The summed E-state index contributed by atoms with van der Waals surface area (Å²) in [4.78, 5) is 13.9. The quantitative estimate of drug-likeness (QED) is 0.800. The average molecular weight is 364 g/mol. The SMILES string of the molecule is CC(=O)c1ccc(S(=O)(=O)N[C@@H]2C[C@H]3CO[C@H](C4CC4)CN3C2)cc1. The van der Waals surface area contributed by atoms with Crippen LogP contribution in [0.1, 0.15) is 36.5 Å². The van der Waals surface area contributed by atoms with E-state index >= 15 is 0 Å². The summed E-state index contributed by atoms with van der Waals surface area (Å²) in [6.07, 6.45) is 3.62. The molecule has 1 N–H and O–H groups in total. The Bertz CT molecular complexity index is 758. The van der Waals surface area contributed by atoms with E-state index in [0.717, 1.165) is 19.5 Å². The van der Waals surface area contributed by atoms with Crippen LogP contribution in [0.2, 0.25) is 0 Å². The van der Waals surface area contributed by atoms with Crippen LogP contribution >= 0.6 is 0 Å². The molecule has 0 bridgehead atoms. The number of carbonyl (C=O) groups excluding carboxylic acids is 1. The van der Waals surface area contributed by atoms with Crippen LogP contribution in [0, 0.1) is 5.92 Å². The lowest BCUT2D eigenvalue weighted by molar-refractivity contribution is -0.0581. The Hall–Kier alpha value is -1.28. The lowest BCUT2D eigenvalue weighted by Crippen LogP contribution is -2.47. The molecule has 0 unspecified atom stereocenters. The lowest BCUT2D eigenvalue weighted by Gasteiger charge is -2.35. The maximum Gasteiger partial charge on any atom is 0.240 e. The number of fused-ring (bicyclic) bond motifs is 1. The minimum atomic E-state index is -3.58. The minimum absolute atomic E-state index is 0.0743. The van der Waals surface area contributed by atoms with E-state index < -0.39 is 10.0 Å². The number of ketones is 1. The second kappa shape index (κ2) is 6.46. The molecule has 0 amide bonds. The van der Waals surface area contributed by atoms with Gasteiger partial charge in [0.15, 0.2) is 5.78 Å². The van der Waals surface area contributed by atoms with Crippen molar-refractivity contribution in [2.24, 2.45) is 5.92 Å². The molecule has 136 valence electrons. The van der Waals surface area contributed by atoms with Gasteiger partial charge in [0.25, 0.3) is 0 Å². The predicted octanol–water partition coefficient (Wildman–Crippen LogP) is 1.42. The molecule has 3 atom stereocenters. The van der Waals surface area contributed by atoms with Crippen molar-refractivity contribution in [3.8, 4) is 0 Å². The van der Waals surface area contributed by atoms with Gasteiger partial charge in [-0.25, -0.2) is 13.1 Å². The van der Waals surface area contributed by atoms with Crippen LogP contribution in [0.4, 0.5) is 0 Å². The highest BCUT2D eigenvalue weighted by Gasteiger charge is 2.43. The minimum Gasteiger partial charge on any atom is -0.375 e. The van der Waals surface area contributed by atoms with E-state index in [2.05, 4.69) is 9.62 Å². The zero-order valence-corrected chi connectivity index (χ0v) is 15.2. The summed E-state index contributed by atoms with van der Waals surface area (Å²) in [6, 6.07) is 6.32. The number of Topliss-reactive ketones (excluding diaryl/α,β-unsaturated/α-hetero) is 1. The van der Waals surface area contributed by atoms with E-state index in [1.165, 1.54) is 31.9 Å². The van der Waals surface area contributed by atoms with Crippen LogP contribution < -0.4 is 4.72 Å². The largest absolute Gasteiger partial charge is 0.375 e. The molecular weight excluding hydrogens is 340 g/mol. The normalized spacial score (nSPS) is 30.2. The average Bonchev–Trinajstić information content (AvgIpc) is 3.35. The first kappa shape index (κ1) is 17.1. The van der Waals surface area contributed by atoms with E-state index in [1.807, 2.05) is 0 Å². The number of nitrogens with zero attached hydrogens (tertiary/aromatic N) is 1. The number of benzene rings is 1. The topological polar surface area (TPSA) is 75.7 Å². The van der Waals surface area contributed by atoms with Crippen LogP contribution in [0.25, 0.3) is 0 Å². The van der Waals surface area contributed by atoms with Gasteiger partial charge in [0.1, 0.15) is 0 Å². The maximum absolute atomic E-state index is 12.6. The summed E-state index contributed by atoms with van der Waals surface area (Å²) in [5.41, 5.74) is 0.514. The van der Waals surface area contributed by atoms with Gasteiger partial charge in [0.2, 0.25) is 10.0 Å². The third-order valence-corrected chi connectivity index (χ3v) is 7.02. The van der Waals surface area contributed by atoms with E-state index in [9.17, 15) is 13.2 Å². The van der Waals surface area contributed by atoms with Crippen LogP contribution in [0.15, 0.2) is 29.2 Å². The molecule has 25 heavy (non-hydrogen) atoms. The van der Waals surface area contributed by atoms with Gasteiger partial charge in [0, 0.05) is 30.7 Å². The fourth-order valence-corrected chi connectivity index (χ4v) is 5.13. The lowest BCUT2D eigenvalue weighted by atomic mass is 10.1. The molecule has 1 aliphatic carbocycles. The first-order chi connectivity index (χ1) is 11.9. The third kappa shape index (κ3) is 3.65. The Morgan fingerprint density at radius 1 is 1.20 bits per heavy atom. The van der Waals surface area contributed by atoms with Gasteiger partial charge in [-0.1, -0.05) is 12.1 Å². The van der Waals surface area contributed by atoms with Gasteiger partial charge in [0.05, 0.1) is 17.6 Å². The highest BCUT2D eigenvalue weighted by atomic mass is 32.2. The molecule has 3 aliphatic rings. The molecule has 4 rings (SSSR count). The monoisotopic (exact) mass is 364 g/mol. The summed E-state index contributed by atoms with van der Waals surface area (Å²) < 4.78 is 34.0. The molecule has 0 radical (unpaired) electrons. The van der Waals surface area contributed by atoms with E-state index in [0.29, 0.717) is 30.2 Å². The Kier molecular flexibility index (Phi) is 4.43. The predicted molar refractivity (Wildman–Crippen MR) is 93.0 cm³/mol. The van der Waals surface area contributed by atoms with Crippen LogP contribution in [-0.4, -0.2) is 57.0 Å². The zero-order chi connectivity index (χ0) is 17.6. The summed E-state index contributed by atoms with van der Waals surface area (Å²) in [5, 5.41) is 0. The molecule has 3 fully saturated rings. The number of sulfonamides is 1. The van der Waals surface area contributed by atoms with Gasteiger partial charge >= 0.3 is 0 Å². The maximum atomic E-state index is 12.6.